The maximum Gasteiger partial charge on any atom is 0.234 e. The lowest BCUT2D eigenvalue weighted by Crippen LogP contribution is -2.49. The van der Waals surface area contributed by atoms with Crippen molar-refractivity contribution in [2.24, 2.45) is 5.73 Å². The van der Waals surface area contributed by atoms with E-state index in [0.29, 0.717) is 0 Å². The van der Waals surface area contributed by atoms with E-state index >= 15 is 0 Å². The number of hydrogen-bond donors (Lipinski definition) is 1. The lowest BCUT2D eigenvalue weighted by molar-refractivity contribution is -0.123. The topological polar surface area (TPSA) is 70.1 Å². The number of amides is 1. The molecule has 2 unspecified atom stereocenters. The number of rotatable bonds is 2. The number of nitrogens with two attached hydrogens (primary N) is 1. The number of hydrogen-bond acceptors (Lipinski definition) is 3. The minimum absolute atomic E-state index is 0.128. The Hall–Kier alpha value is -1.08. The normalized spacial score (nSPS) is 26.3. The molecule has 72 valence electrons. The largest absolute Gasteiger partial charge is 0.368 e. The smallest absolute Gasteiger partial charge is 0.234 e. The Balaban J connectivity index is 2.65. The Morgan fingerprint density at radius 3 is 2.92 bits per heavy atom. The van der Waals surface area contributed by atoms with Crippen LogP contribution in [0.2, 0.25) is 0 Å². The molecule has 13 heavy (non-hydrogen) atoms. The molecule has 0 spiro atoms. The van der Waals surface area contributed by atoms with Crippen LogP contribution in [-0.4, -0.2) is 29.4 Å². The third-order valence-electron chi connectivity index (χ3n) is 2.60. The van der Waals surface area contributed by atoms with E-state index in [9.17, 15) is 4.79 Å². The first-order chi connectivity index (χ1) is 6.16. The summed E-state index contributed by atoms with van der Waals surface area (Å²) in [5, 5.41) is 8.85. The molecule has 4 heteroatoms. The summed E-state index contributed by atoms with van der Waals surface area (Å²) in [5.74, 6) is -0.345. The van der Waals surface area contributed by atoms with Crippen molar-refractivity contribution in [2.75, 3.05) is 6.54 Å². The summed E-state index contributed by atoms with van der Waals surface area (Å²) >= 11 is 0. The molecule has 0 saturated carbocycles. The zero-order valence-corrected chi connectivity index (χ0v) is 7.86. The van der Waals surface area contributed by atoms with Gasteiger partial charge in [-0.25, -0.2) is 0 Å². The van der Waals surface area contributed by atoms with Gasteiger partial charge in [-0.2, -0.15) is 5.26 Å². The maximum absolute atomic E-state index is 10.9. The number of primary amides is 1. The first-order valence-electron chi connectivity index (χ1n) is 4.61. The highest BCUT2D eigenvalue weighted by Crippen LogP contribution is 2.18. The van der Waals surface area contributed by atoms with Crippen LogP contribution in [-0.2, 0) is 4.79 Å². The van der Waals surface area contributed by atoms with Crippen LogP contribution in [0.5, 0.6) is 0 Å². The van der Waals surface area contributed by atoms with Crippen molar-refractivity contribution in [3.8, 4) is 6.07 Å². The Labute approximate surface area is 78.3 Å². The van der Waals surface area contributed by atoms with E-state index in [1.165, 1.54) is 0 Å². The maximum atomic E-state index is 10.9. The van der Waals surface area contributed by atoms with E-state index in [2.05, 4.69) is 6.07 Å². The van der Waals surface area contributed by atoms with Gasteiger partial charge in [0.1, 0.15) is 0 Å². The summed E-state index contributed by atoms with van der Waals surface area (Å²) in [4.78, 5) is 12.8. The molecule has 0 aromatic heterocycles. The van der Waals surface area contributed by atoms with E-state index in [0.717, 1.165) is 25.8 Å². The molecule has 1 rings (SSSR count). The molecule has 0 aromatic carbocycles. The monoisotopic (exact) mass is 181 g/mol. The Morgan fingerprint density at radius 2 is 2.38 bits per heavy atom. The Bertz CT molecular complexity index is 234. The summed E-state index contributed by atoms with van der Waals surface area (Å²) < 4.78 is 0. The highest BCUT2D eigenvalue weighted by atomic mass is 16.1. The first kappa shape index (κ1) is 10.0. The summed E-state index contributed by atoms with van der Waals surface area (Å²) in [6, 6.07) is 1.76. The van der Waals surface area contributed by atoms with Crippen LogP contribution >= 0.6 is 0 Å². The summed E-state index contributed by atoms with van der Waals surface area (Å²) in [6.07, 6.45) is 2.98. The predicted molar refractivity (Wildman–Crippen MR) is 48.6 cm³/mol. The van der Waals surface area contributed by atoms with Gasteiger partial charge in [0.05, 0.1) is 18.2 Å². The minimum Gasteiger partial charge on any atom is -0.368 e. The van der Waals surface area contributed by atoms with Gasteiger partial charge < -0.3 is 5.73 Å². The first-order valence-corrected chi connectivity index (χ1v) is 4.61. The molecule has 0 radical (unpaired) electrons. The fraction of sp³-hybridized carbons (Fsp3) is 0.778. The molecule has 0 aromatic rings. The van der Waals surface area contributed by atoms with Gasteiger partial charge in [0.2, 0.25) is 5.91 Å². The molecule has 0 aliphatic carbocycles. The second-order valence-electron chi connectivity index (χ2n) is 3.46. The molecular weight excluding hydrogens is 166 g/mol. The van der Waals surface area contributed by atoms with E-state index in [4.69, 9.17) is 11.0 Å². The third-order valence-corrected chi connectivity index (χ3v) is 2.60. The van der Waals surface area contributed by atoms with E-state index in [1.807, 2.05) is 4.90 Å². The lowest BCUT2D eigenvalue weighted by atomic mass is 10.0. The molecule has 2 N–H and O–H groups in total. The van der Waals surface area contributed by atoms with Crippen molar-refractivity contribution in [1.29, 1.82) is 5.26 Å². The highest BCUT2D eigenvalue weighted by molar-refractivity contribution is 5.79. The molecule has 1 heterocycles. The standard InChI is InChI=1S/C9H15N3O/c1-7(9(11)13)12-5-3-2-4-8(12)6-10/h7-8H,2-5H2,1H3,(H2,11,13). The van der Waals surface area contributed by atoms with Crippen LogP contribution < -0.4 is 5.73 Å². The van der Waals surface area contributed by atoms with E-state index in [1.54, 1.807) is 6.92 Å². The van der Waals surface area contributed by atoms with Crippen molar-refractivity contribution >= 4 is 5.91 Å². The zero-order valence-electron chi connectivity index (χ0n) is 7.86. The van der Waals surface area contributed by atoms with Crippen molar-refractivity contribution in [3.63, 3.8) is 0 Å². The van der Waals surface area contributed by atoms with Crippen LogP contribution in [0.15, 0.2) is 0 Å². The Morgan fingerprint density at radius 1 is 1.69 bits per heavy atom. The molecule has 1 amide bonds. The number of nitriles is 1. The number of likely N-dealkylation sites (tertiary alicyclic amines) is 1. The average Bonchev–Trinajstić information content (AvgIpc) is 2.16. The van der Waals surface area contributed by atoms with Crippen molar-refractivity contribution < 1.29 is 4.79 Å². The van der Waals surface area contributed by atoms with Crippen LogP contribution in [0.3, 0.4) is 0 Å². The third kappa shape index (κ3) is 2.19. The van der Waals surface area contributed by atoms with Gasteiger partial charge in [-0.3, -0.25) is 9.69 Å². The number of piperidine rings is 1. The molecule has 1 aliphatic heterocycles. The average molecular weight is 181 g/mol. The molecule has 1 aliphatic rings. The molecule has 0 bridgehead atoms. The summed E-state index contributed by atoms with van der Waals surface area (Å²) in [5.41, 5.74) is 5.19. The minimum atomic E-state index is -0.345. The van der Waals surface area contributed by atoms with Gasteiger partial charge in [-0.05, 0) is 26.2 Å². The zero-order chi connectivity index (χ0) is 9.84. The molecule has 1 saturated heterocycles. The summed E-state index contributed by atoms with van der Waals surface area (Å²) in [6.45, 7) is 2.57. The number of nitrogens with zero attached hydrogens (tertiary/aromatic N) is 2. The van der Waals surface area contributed by atoms with Gasteiger partial charge >= 0.3 is 0 Å². The van der Waals surface area contributed by atoms with Crippen molar-refractivity contribution in [2.45, 2.75) is 38.3 Å². The highest BCUT2D eigenvalue weighted by Gasteiger charge is 2.28. The van der Waals surface area contributed by atoms with Crippen LogP contribution in [0.25, 0.3) is 0 Å². The lowest BCUT2D eigenvalue weighted by Gasteiger charge is -2.34. The van der Waals surface area contributed by atoms with Gasteiger partial charge in [0, 0.05) is 6.54 Å². The molecular formula is C9H15N3O. The fourth-order valence-electron chi connectivity index (χ4n) is 1.72. The van der Waals surface area contributed by atoms with Gasteiger partial charge in [0.15, 0.2) is 0 Å². The molecule has 4 nitrogen and oxygen atoms in total. The number of carbonyl (C=O) groups is 1. The quantitative estimate of drug-likeness (QED) is 0.663. The Kier molecular flexibility index (Phi) is 3.26. The van der Waals surface area contributed by atoms with Gasteiger partial charge in [-0.15, -0.1) is 0 Å². The second kappa shape index (κ2) is 4.24. The van der Waals surface area contributed by atoms with Crippen LogP contribution in [0.1, 0.15) is 26.2 Å². The fourth-order valence-corrected chi connectivity index (χ4v) is 1.72. The van der Waals surface area contributed by atoms with Gasteiger partial charge in [-0.1, -0.05) is 0 Å². The molecule has 1 fully saturated rings. The van der Waals surface area contributed by atoms with Crippen LogP contribution in [0.4, 0.5) is 0 Å². The summed E-state index contributed by atoms with van der Waals surface area (Å²) in [7, 11) is 0. The van der Waals surface area contributed by atoms with E-state index in [-0.39, 0.29) is 18.0 Å². The van der Waals surface area contributed by atoms with Crippen molar-refractivity contribution in [1.82, 2.24) is 4.90 Å². The second-order valence-corrected chi connectivity index (χ2v) is 3.46. The SMILES string of the molecule is CC(C(N)=O)N1CCCCC1C#N. The van der Waals surface area contributed by atoms with Crippen LogP contribution in [0, 0.1) is 11.3 Å². The van der Waals surface area contributed by atoms with Crippen molar-refractivity contribution in [3.05, 3.63) is 0 Å². The van der Waals surface area contributed by atoms with E-state index < -0.39 is 0 Å². The predicted octanol–water partition coefficient (Wildman–Crippen LogP) is 0.238. The van der Waals surface area contributed by atoms with Gasteiger partial charge in [0.25, 0.3) is 0 Å². The number of carbonyl (C=O) groups excluding carboxylic acids is 1. The molecule has 2 atom stereocenters.